The van der Waals surface area contributed by atoms with E-state index >= 15 is 0 Å². The Morgan fingerprint density at radius 3 is 2.04 bits per heavy atom. The van der Waals surface area contributed by atoms with E-state index in [9.17, 15) is 18.0 Å². The van der Waals surface area contributed by atoms with Crippen LogP contribution in [0.5, 0.6) is 0 Å². The molecule has 1 aliphatic rings. The number of nitrogens with one attached hydrogen (secondary N) is 1. The van der Waals surface area contributed by atoms with Crippen molar-refractivity contribution in [2.45, 2.75) is 57.2 Å². The molecule has 0 atom stereocenters. The number of aliphatic carboxylic acids is 1. The molecule has 1 aromatic rings. The van der Waals surface area contributed by atoms with E-state index in [1.807, 2.05) is 13.8 Å². The maximum atomic E-state index is 12.6. The molecule has 0 aromatic heterocycles. The van der Waals surface area contributed by atoms with E-state index in [2.05, 4.69) is 5.32 Å². The van der Waals surface area contributed by atoms with E-state index in [-0.39, 0.29) is 17.4 Å². The van der Waals surface area contributed by atoms with Gasteiger partial charge < -0.3 is 10.4 Å². The standard InChI is InChI=1S/C18H24F3NO2/c1-17(2,13-5-7-14(8-6-13)18(19,20)21)11-22-15-9-3-12(4-10-15)16(23)24/h5-8,12,15,22H,3-4,9-11H2,1-2H3,(H,23,24). The lowest BCUT2D eigenvalue weighted by molar-refractivity contribution is -0.143. The van der Waals surface area contributed by atoms with E-state index in [4.69, 9.17) is 5.11 Å². The molecule has 0 saturated heterocycles. The van der Waals surface area contributed by atoms with Gasteiger partial charge in [0, 0.05) is 18.0 Å². The summed E-state index contributed by atoms with van der Waals surface area (Å²) in [5, 5.41) is 12.5. The molecule has 0 amide bonds. The van der Waals surface area contributed by atoms with Crippen molar-refractivity contribution in [1.82, 2.24) is 5.32 Å². The topological polar surface area (TPSA) is 49.3 Å². The third kappa shape index (κ3) is 4.72. The lowest BCUT2D eigenvalue weighted by Crippen LogP contribution is -2.41. The minimum absolute atomic E-state index is 0.244. The minimum atomic E-state index is -4.32. The summed E-state index contributed by atoms with van der Waals surface area (Å²) in [6.45, 7) is 4.62. The summed E-state index contributed by atoms with van der Waals surface area (Å²) < 4.78 is 37.9. The van der Waals surface area contributed by atoms with Gasteiger partial charge in [-0.15, -0.1) is 0 Å². The lowest BCUT2D eigenvalue weighted by atomic mass is 9.82. The first-order chi connectivity index (χ1) is 11.1. The highest BCUT2D eigenvalue weighted by Crippen LogP contribution is 2.32. The number of carbonyl (C=O) groups is 1. The average molecular weight is 343 g/mol. The van der Waals surface area contributed by atoms with Gasteiger partial charge in [-0.2, -0.15) is 13.2 Å². The number of alkyl halides is 3. The third-order valence-electron chi connectivity index (χ3n) is 4.90. The van der Waals surface area contributed by atoms with Crippen molar-refractivity contribution >= 4 is 5.97 Å². The number of benzene rings is 1. The summed E-state index contributed by atoms with van der Waals surface area (Å²) in [6, 6.07) is 5.58. The summed E-state index contributed by atoms with van der Waals surface area (Å²) >= 11 is 0. The summed E-state index contributed by atoms with van der Waals surface area (Å²) in [7, 11) is 0. The molecule has 1 aliphatic carbocycles. The highest BCUT2D eigenvalue weighted by molar-refractivity contribution is 5.70. The molecule has 0 bridgehead atoms. The fourth-order valence-corrected chi connectivity index (χ4v) is 3.16. The maximum Gasteiger partial charge on any atom is 0.416 e. The molecule has 0 unspecified atom stereocenters. The van der Waals surface area contributed by atoms with Crippen molar-refractivity contribution in [2.75, 3.05) is 6.54 Å². The number of carboxylic acids is 1. The van der Waals surface area contributed by atoms with Gasteiger partial charge in [0.1, 0.15) is 0 Å². The predicted octanol–water partition coefficient (Wildman–Crippen LogP) is 4.22. The summed E-state index contributed by atoms with van der Waals surface area (Å²) in [5.41, 5.74) is -0.0856. The molecule has 6 heteroatoms. The smallest absolute Gasteiger partial charge is 0.416 e. The summed E-state index contributed by atoms with van der Waals surface area (Å²) in [4.78, 5) is 11.0. The molecule has 0 radical (unpaired) electrons. The number of carboxylic acid groups (broad SMARTS) is 1. The molecule has 1 fully saturated rings. The van der Waals surface area contributed by atoms with Crippen LogP contribution in [-0.4, -0.2) is 23.7 Å². The van der Waals surface area contributed by atoms with Gasteiger partial charge in [0.2, 0.25) is 0 Å². The zero-order valence-corrected chi connectivity index (χ0v) is 14.0. The monoisotopic (exact) mass is 343 g/mol. The number of hydrogen-bond donors (Lipinski definition) is 2. The largest absolute Gasteiger partial charge is 0.481 e. The predicted molar refractivity (Wildman–Crippen MR) is 85.9 cm³/mol. The zero-order valence-electron chi connectivity index (χ0n) is 14.0. The molecule has 2 rings (SSSR count). The average Bonchev–Trinajstić information content (AvgIpc) is 2.53. The van der Waals surface area contributed by atoms with Crippen molar-refractivity contribution in [2.24, 2.45) is 5.92 Å². The van der Waals surface area contributed by atoms with Crippen LogP contribution in [0.15, 0.2) is 24.3 Å². The van der Waals surface area contributed by atoms with Gasteiger partial charge in [0.15, 0.2) is 0 Å². The highest BCUT2D eigenvalue weighted by Gasteiger charge is 2.31. The second-order valence-electron chi connectivity index (χ2n) is 7.23. The molecule has 3 nitrogen and oxygen atoms in total. The molecule has 0 heterocycles. The van der Waals surface area contributed by atoms with Crippen LogP contribution in [0.1, 0.15) is 50.7 Å². The van der Waals surface area contributed by atoms with Gasteiger partial charge in [-0.1, -0.05) is 26.0 Å². The van der Waals surface area contributed by atoms with Gasteiger partial charge >= 0.3 is 12.1 Å². The second kappa shape index (κ2) is 7.13. The molecule has 0 aliphatic heterocycles. The Labute approximate surface area is 140 Å². The van der Waals surface area contributed by atoms with E-state index in [0.717, 1.165) is 30.5 Å². The van der Waals surface area contributed by atoms with Crippen LogP contribution in [0.4, 0.5) is 13.2 Å². The molecule has 1 aromatic carbocycles. The van der Waals surface area contributed by atoms with Gasteiger partial charge in [-0.25, -0.2) is 0 Å². The van der Waals surface area contributed by atoms with E-state index in [1.165, 1.54) is 12.1 Å². The fraction of sp³-hybridized carbons (Fsp3) is 0.611. The van der Waals surface area contributed by atoms with Crippen molar-refractivity contribution in [3.05, 3.63) is 35.4 Å². The third-order valence-corrected chi connectivity index (χ3v) is 4.90. The van der Waals surface area contributed by atoms with Crippen LogP contribution < -0.4 is 5.32 Å². The molecule has 134 valence electrons. The normalized spacial score (nSPS) is 22.4. The van der Waals surface area contributed by atoms with Gasteiger partial charge in [-0.05, 0) is 43.4 Å². The minimum Gasteiger partial charge on any atom is -0.481 e. The van der Waals surface area contributed by atoms with Crippen molar-refractivity contribution in [3.8, 4) is 0 Å². The van der Waals surface area contributed by atoms with Crippen LogP contribution in [0.2, 0.25) is 0 Å². The Kier molecular flexibility index (Phi) is 5.58. The fourth-order valence-electron chi connectivity index (χ4n) is 3.16. The van der Waals surface area contributed by atoms with Gasteiger partial charge in [0.05, 0.1) is 11.5 Å². The van der Waals surface area contributed by atoms with Crippen LogP contribution in [0.3, 0.4) is 0 Å². The van der Waals surface area contributed by atoms with Crippen LogP contribution in [0.25, 0.3) is 0 Å². The first-order valence-electron chi connectivity index (χ1n) is 8.23. The Hall–Kier alpha value is -1.56. The van der Waals surface area contributed by atoms with Crippen molar-refractivity contribution in [3.63, 3.8) is 0 Å². The van der Waals surface area contributed by atoms with Crippen LogP contribution in [-0.2, 0) is 16.4 Å². The lowest BCUT2D eigenvalue weighted by Gasteiger charge is -2.32. The number of rotatable bonds is 5. The van der Waals surface area contributed by atoms with E-state index in [1.54, 1.807) is 0 Å². The Morgan fingerprint density at radius 1 is 1.08 bits per heavy atom. The quantitative estimate of drug-likeness (QED) is 0.842. The summed E-state index contributed by atoms with van der Waals surface area (Å²) in [6.07, 6.45) is -1.33. The molecule has 0 spiro atoms. The molecule has 24 heavy (non-hydrogen) atoms. The Morgan fingerprint density at radius 2 is 1.58 bits per heavy atom. The number of halogens is 3. The zero-order chi connectivity index (χ0) is 18.0. The van der Waals surface area contributed by atoms with E-state index < -0.39 is 17.7 Å². The molecule has 2 N–H and O–H groups in total. The van der Waals surface area contributed by atoms with Crippen LogP contribution in [0, 0.1) is 5.92 Å². The molecule has 1 saturated carbocycles. The Balaban J connectivity index is 1.91. The van der Waals surface area contributed by atoms with Crippen molar-refractivity contribution < 1.29 is 23.1 Å². The van der Waals surface area contributed by atoms with Gasteiger partial charge in [0.25, 0.3) is 0 Å². The first kappa shape index (κ1) is 18.8. The molecular formula is C18H24F3NO2. The SMILES string of the molecule is CC(C)(CNC1CCC(C(=O)O)CC1)c1ccc(C(F)(F)F)cc1. The van der Waals surface area contributed by atoms with Gasteiger partial charge in [-0.3, -0.25) is 4.79 Å². The Bertz CT molecular complexity index is 559. The van der Waals surface area contributed by atoms with E-state index in [0.29, 0.717) is 19.4 Å². The maximum absolute atomic E-state index is 12.6. The van der Waals surface area contributed by atoms with Crippen LogP contribution >= 0.6 is 0 Å². The highest BCUT2D eigenvalue weighted by atomic mass is 19.4. The van der Waals surface area contributed by atoms with Crippen molar-refractivity contribution in [1.29, 1.82) is 0 Å². The molecular weight excluding hydrogens is 319 g/mol. The second-order valence-corrected chi connectivity index (χ2v) is 7.23. The first-order valence-corrected chi connectivity index (χ1v) is 8.23. The summed E-state index contributed by atoms with van der Waals surface area (Å²) in [5.74, 6) is -0.968. The number of hydrogen-bond acceptors (Lipinski definition) is 2.